The van der Waals surface area contributed by atoms with Gasteiger partial charge >= 0.3 is 0 Å². The van der Waals surface area contributed by atoms with E-state index in [4.69, 9.17) is 17.4 Å². The molecular formula is C15H18ClN3. The summed E-state index contributed by atoms with van der Waals surface area (Å²) in [4.78, 5) is 4.31. The van der Waals surface area contributed by atoms with E-state index in [1.54, 1.807) is 6.20 Å². The van der Waals surface area contributed by atoms with Crippen LogP contribution in [0.4, 0.5) is 0 Å². The number of halogens is 1. The molecule has 0 bridgehead atoms. The van der Waals surface area contributed by atoms with Crippen LogP contribution in [0.2, 0.25) is 5.02 Å². The standard InChI is InChI=1S/C15H18ClN3/c1-2-4-11-6-8-12(9-7-11)14(19-17)15-13(16)5-3-10-18-15/h3,5-10,14,19H,2,4,17H2,1H3. The van der Waals surface area contributed by atoms with E-state index in [0.717, 1.165) is 24.1 Å². The summed E-state index contributed by atoms with van der Waals surface area (Å²) < 4.78 is 0. The number of rotatable bonds is 5. The molecule has 4 heteroatoms. The maximum atomic E-state index is 6.17. The number of pyridine rings is 1. The molecule has 0 aliphatic rings. The van der Waals surface area contributed by atoms with Crippen molar-refractivity contribution in [1.29, 1.82) is 0 Å². The van der Waals surface area contributed by atoms with Gasteiger partial charge in [-0.05, 0) is 29.7 Å². The van der Waals surface area contributed by atoms with Crippen molar-refractivity contribution < 1.29 is 0 Å². The number of aromatic nitrogens is 1. The molecule has 0 radical (unpaired) electrons. The summed E-state index contributed by atoms with van der Waals surface area (Å²) in [7, 11) is 0. The summed E-state index contributed by atoms with van der Waals surface area (Å²) in [5, 5.41) is 0.614. The summed E-state index contributed by atoms with van der Waals surface area (Å²) in [6.45, 7) is 2.17. The van der Waals surface area contributed by atoms with E-state index in [2.05, 4.69) is 41.6 Å². The van der Waals surface area contributed by atoms with Gasteiger partial charge < -0.3 is 0 Å². The average molecular weight is 276 g/mol. The molecule has 100 valence electrons. The third-order valence-electron chi connectivity index (χ3n) is 3.08. The summed E-state index contributed by atoms with van der Waals surface area (Å²) in [6.07, 6.45) is 3.95. The van der Waals surface area contributed by atoms with Gasteiger partial charge in [0, 0.05) is 6.20 Å². The zero-order valence-electron chi connectivity index (χ0n) is 10.9. The van der Waals surface area contributed by atoms with Crippen molar-refractivity contribution in [1.82, 2.24) is 10.4 Å². The van der Waals surface area contributed by atoms with E-state index < -0.39 is 0 Å². The predicted octanol–water partition coefficient (Wildman–Crippen LogP) is 3.24. The predicted molar refractivity (Wildman–Crippen MR) is 78.9 cm³/mol. The highest BCUT2D eigenvalue weighted by Crippen LogP contribution is 2.25. The Morgan fingerprint density at radius 1 is 1.26 bits per heavy atom. The number of benzene rings is 1. The van der Waals surface area contributed by atoms with Crippen molar-refractivity contribution in [2.24, 2.45) is 5.84 Å². The minimum atomic E-state index is -0.190. The fraction of sp³-hybridized carbons (Fsp3) is 0.267. The molecule has 0 saturated carbocycles. The molecule has 2 rings (SSSR count). The van der Waals surface area contributed by atoms with Gasteiger partial charge in [0.05, 0.1) is 16.8 Å². The second-order valence-corrected chi connectivity index (χ2v) is 4.87. The van der Waals surface area contributed by atoms with Crippen LogP contribution in [0.25, 0.3) is 0 Å². The van der Waals surface area contributed by atoms with Gasteiger partial charge in [0.25, 0.3) is 0 Å². The highest BCUT2D eigenvalue weighted by Gasteiger charge is 2.16. The smallest absolute Gasteiger partial charge is 0.0896 e. The summed E-state index contributed by atoms with van der Waals surface area (Å²) in [5.41, 5.74) is 5.91. The zero-order valence-corrected chi connectivity index (χ0v) is 11.7. The molecule has 1 atom stereocenters. The maximum Gasteiger partial charge on any atom is 0.0896 e. The van der Waals surface area contributed by atoms with E-state index in [0.29, 0.717) is 5.02 Å². The van der Waals surface area contributed by atoms with Gasteiger partial charge in [0.1, 0.15) is 0 Å². The molecule has 0 fully saturated rings. The molecule has 3 nitrogen and oxygen atoms in total. The lowest BCUT2D eigenvalue weighted by Gasteiger charge is -2.17. The molecule has 1 aromatic carbocycles. The molecule has 19 heavy (non-hydrogen) atoms. The fourth-order valence-corrected chi connectivity index (χ4v) is 2.34. The van der Waals surface area contributed by atoms with Crippen LogP contribution in [0.5, 0.6) is 0 Å². The molecule has 1 aromatic heterocycles. The van der Waals surface area contributed by atoms with E-state index in [1.807, 2.05) is 12.1 Å². The average Bonchev–Trinajstić information content (AvgIpc) is 2.44. The van der Waals surface area contributed by atoms with Crippen molar-refractivity contribution in [3.8, 4) is 0 Å². The quantitative estimate of drug-likeness (QED) is 0.651. The van der Waals surface area contributed by atoms with E-state index in [-0.39, 0.29) is 6.04 Å². The molecule has 3 N–H and O–H groups in total. The molecular weight excluding hydrogens is 258 g/mol. The molecule has 1 unspecified atom stereocenters. The van der Waals surface area contributed by atoms with Crippen molar-refractivity contribution >= 4 is 11.6 Å². The number of hydrogen-bond acceptors (Lipinski definition) is 3. The topological polar surface area (TPSA) is 50.9 Å². The van der Waals surface area contributed by atoms with Gasteiger partial charge in [-0.1, -0.05) is 49.2 Å². The van der Waals surface area contributed by atoms with Crippen LogP contribution in [0.1, 0.15) is 36.2 Å². The first-order chi connectivity index (χ1) is 9.26. The highest BCUT2D eigenvalue weighted by molar-refractivity contribution is 6.31. The Balaban J connectivity index is 2.29. The lowest BCUT2D eigenvalue weighted by Crippen LogP contribution is -2.29. The van der Waals surface area contributed by atoms with Gasteiger partial charge in [-0.3, -0.25) is 10.8 Å². The summed E-state index contributed by atoms with van der Waals surface area (Å²) in [5.74, 6) is 5.65. The number of nitrogens with two attached hydrogens (primary N) is 1. The van der Waals surface area contributed by atoms with Crippen LogP contribution < -0.4 is 11.3 Å². The SMILES string of the molecule is CCCc1ccc(C(NN)c2ncccc2Cl)cc1. The van der Waals surface area contributed by atoms with E-state index in [9.17, 15) is 0 Å². The van der Waals surface area contributed by atoms with Gasteiger partial charge in [-0.2, -0.15) is 0 Å². The molecule has 0 aliphatic carbocycles. The third-order valence-corrected chi connectivity index (χ3v) is 3.40. The van der Waals surface area contributed by atoms with E-state index in [1.165, 1.54) is 5.56 Å². The largest absolute Gasteiger partial charge is 0.271 e. The summed E-state index contributed by atoms with van der Waals surface area (Å²) >= 11 is 6.17. The minimum absolute atomic E-state index is 0.190. The maximum absolute atomic E-state index is 6.17. The second kappa shape index (κ2) is 6.66. The highest BCUT2D eigenvalue weighted by atomic mass is 35.5. The number of hydrogen-bond donors (Lipinski definition) is 2. The molecule has 0 aliphatic heterocycles. The molecule has 0 saturated heterocycles. The number of aryl methyl sites for hydroxylation is 1. The summed E-state index contributed by atoms with van der Waals surface area (Å²) in [6, 6.07) is 11.8. The number of hydrazine groups is 1. The first-order valence-electron chi connectivity index (χ1n) is 6.41. The van der Waals surface area contributed by atoms with Crippen molar-refractivity contribution in [3.05, 3.63) is 64.4 Å². The molecule has 0 spiro atoms. The Morgan fingerprint density at radius 3 is 2.58 bits per heavy atom. The molecule has 1 heterocycles. The normalized spacial score (nSPS) is 12.4. The van der Waals surface area contributed by atoms with Gasteiger partial charge in [-0.25, -0.2) is 5.43 Å². The van der Waals surface area contributed by atoms with Crippen LogP contribution in [0, 0.1) is 0 Å². The number of nitrogens with zero attached hydrogens (tertiary/aromatic N) is 1. The van der Waals surface area contributed by atoms with Gasteiger partial charge in [0.15, 0.2) is 0 Å². The lowest BCUT2D eigenvalue weighted by atomic mass is 10.0. The van der Waals surface area contributed by atoms with E-state index >= 15 is 0 Å². The van der Waals surface area contributed by atoms with Crippen LogP contribution in [-0.4, -0.2) is 4.98 Å². The monoisotopic (exact) mass is 275 g/mol. The fourth-order valence-electron chi connectivity index (χ4n) is 2.11. The molecule has 0 amide bonds. The van der Waals surface area contributed by atoms with Crippen LogP contribution in [0.15, 0.2) is 42.6 Å². The van der Waals surface area contributed by atoms with Crippen molar-refractivity contribution in [2.45, 2.75) is 25.8 Å². The van der Waals surface area contributed by atoms with Crippen molar-refractivity contribution in [3.63, 3.8) is 0 Å². The third kappa shape index (κ3) is 3.32. The van der Waals surface area contributed by atoms with Crippen LogP contribution in [0.3, 0.4) is 0 Å². The van der Waals surface area contributed by atoms with Gasteiger partial charge in [-0.15, -0.1) is 0 Å². The Morgan fingerprint density at radius 2 is 2.00 bits per heavy atom. The van der Waals surface area contributed by atoms with Crippen molar-refractivity contribution in [2.75, 3.05) is 0 Å². The number of nitrogens with one attached hydrogen (secondary N) is 1. The first-order valence-corrected chi connectivity index (χ1v) is 6.79. The Labute approximate surface area is 118 Å². The molecule has 2 aromatic rings. The second-order valence-electron chi connectivity index (χ2n) is 4.46. The first kappa shape index (κ1) is 14.0. The van der Waals surface area contributed by atoms with Gasteiger partial charge in [0.2, 0.25) is 0 Å². The lowest BCUT2D eigenvalue weighted by molar-refractivity contribution is 0.620. The van der Waals surface area contributed by atoms with Crippen LogP contribution >= 0.6 is 11.6 Å². The van der Waals surface area contributed by atoms with Crippen LogP contribution in [-0.2, 0) is 6.42 Å². The Kier molecular flexibility index (Phi) is 4.91. The zero-order chi connectivity index (χ0) is 13.7. The Bertz CT molecular complexity index is 525. The minimum Gasteiger partial charge on any atom is -0.271 e. The Hall–Kier alpha value is -1.42.